The Hall–Kier alpha value is -3.53. The highest BCUT2D eigenvalue weighted by Crippen LogP contribution is 2.34. The molecule has 0 spiro atoms. The molecule has 188 valence electrons. The lowest BCUT2D eigenvalue weighted by molar-refractivity contribution is -0.138. The molecule has 0 unspecified atom stereocenters. The molecule has 0 radical (unpaired) electrons. The SMILES string of the molecule is CN1CCN(Cc2ccc(C(=O)Nc3ncc(C#Cc4cnc(N)cc4F)s3)cc2C(F)(F)F)CC1. The van der Waals surface area contributed by atoms with Crippen molar-refractivity contribution < 1.29 is 22.4 Å². The molecule has 1 aromatic carbocycles. The number of nitrogens with two attached hydrogens (primary N) is 1. The maximum absolute atomic E-state index is 13.8. The number of halogens is 4. The monoisotopic (exact) mass is 518 g/mol. The highest BCUT2D eigenvalue weighted by atomic mass is 32.1. The van der Waals surface area contributed by atoms with Gasteiger partial charge < -0.3 is 10.6 Å². The Morgan fingerprint density at radius 2 is 1.89 bits per heavy atom. The van der Waals surface area contributed by atoms with Crippen LogP contribution in [0.5, 0.6) is 0 Å². The predicted molar refractivity (Wildman–Crippen MR) is 129 cm³/mol. The third kappa shape index (κ3) is 6.37. The molecule has 4 rings (SSSR count). The minimum Gasteiger partial charge on any atom is -0.384 e. The summed E-state index contributed by atoms with van der Waals surface area (Å²) in [6.45, 7) is 3.07. The first kappa shape index (κ1) is 25.6. The maximum Gasteiger partial charge on any atom is 0.416 e. The first-order valence-corrected chi connectivity index (χ1v) is 11.7. The molecule has 36 heavy (non-hydrogen) atoms. The van der Waals surface area contributed by atoms with E-state index in [-0.39, 0.29) is 34.2 Å². The van der Waals surface area contributed by atoms with E-state index in [4.69, 9.17) is 5.73 Å². The van der Waals surface area contributed by atoms with Gasteiger partial charge in [0.2, 0.25) is 0 Å². The summed E-state index contributed by atoms with van der Waals surface area (Å²) in [5.41, 5.74) is 4.60. The summed E-state index contributed by atoms with van der Waals surface area (Å²) in [6, 6.07) is 4.64. The number of rotatable bonds is 4. The van der Waals surface area contributed by atoms with Crippen molar-refractivity contribution in [3.05, 3.63) is 69.6 Å². The Labute approximate surface area is 209 Å². The standard InChI is InChI=1S/C24H22F4N6OS/c1-33-6-8-34(9-7-33)14-17-3-2-15(10-19(17)24(26,27)28)22(35)32-23-31-13-18(36-23)5-4-16-12-30-21(29)11-20(16)25/h2-3,10-13H,6-9,14H2,1H3,(H2,29,30)(H,31,32,35). The van der Waals surface area contributed by atoms with Gasteiger partial charge in [0, 0.05) is 50.6 Å². The van der Waals surface area contributed by atoms with E-state index < -0.39 is 23.5 Å². The molecule has 12 heteroatoms. The number of aromatic nitrogens is 2. The summed E-state index contributed by atoms with van der Waals surface area (Å²) in [5, 5.41) is 2.64. The summed E-state index contributed by atoms with van der Waals surface area (Å²) in [5.74, 6) is 4.00. The van der Waals surface area contributed by atoms with Gasteiger partial charge in [0.15, 0.2) is 5.13 Å². The van der Waals surface area contributed by atoms with E-state index in [1.165, 1.54) is 24.5 Å². The van der Waals surface area contributed by atoms with Crippen LogP contribution in [0.15, 0.2) is 36.7 Å². The topological polar surface area (TPSA) is 87.4 Å². The lowest BCUT2D eigenvalue weighted by Gasteiger charge is -2.33. The van der Waals surface area contributed by atoms with Crippen LogP contribution >= 0.6 is 11.3 Å². The second-order valence-electron chi connectivity index (χ2n) is 8.27. The number of carbonyl (C=O) groups is 1. The van der Waals surface area contributed by atoms with Crippen LogP contribution in [0.25, 0.3) is 0 Å². The molecule has 1 aliphatic heterocycles. The Bertz CT molecular complexity index is 1320. The molecule has 0 bridgehead atoms. The van der Waals surface area contributed by atoms with Gasteiger partial charge in [0.25, 0.3) is 5.91 Å². The van der Waals surface area contributed by atoms with E-state index in [2.05, 4.69) is 32.0 Å². The van der Waals surface area contributed by atoms with Crippen LogP contribution in [0.1, 0.15) is 31.9 Å². The largest absolute Gasteiger partial charge is 0.416 e. The van der Waals surface area contributed by atoms with Crippen LogP contribution in [0.4, 0.5) is 28.5 Å². The molecule has 0 atom stereocenters. The van der Waals surface area contributed by atoms with Crippen molar-refractivity contribution in [3.63, 3.8) is 0 Å². The molecular weight excluding hydrogens is 496 g/mol. The number of nitrogens with one attached hydrogen (secondary N) is 1. The van der Waals surface area contributed by atoms with Crippen molar-refractivity contribution in [2.45, 2.75) is 12.7 Å². The van der Waals surface area contributed by atoms with Crippen molar-refractivity contribution in [1.29, 1.82) is 0 Å². The number of hydrogen-bond acceptors (Lipinski definition) is 7. The van der Waals surface area contributed by atoms with E-state index >= 15 is 0 Å². The zero-order valence-corrected chi connectivity index (χ0v) is 20.0. The average molecular weight is 519 g/mol. The second-order valence-corrected chi connectivity index (χ2v) is 9.30. The van der Waals surface area contributed by atoms with Crippen molar-refractivity contribution in [2.24, 2.45) is 0 Å². The molecule has 3 heterocycles. The van der Waals surface area contributed by atoms with Crippen molar-refractivity contribution >= 4 is 28.2 Å². The van der Waals surface area contributed by atoms with Gasteiger partial charge in [-0.1, -0.05) is 23.3 Å². The summed E-state index contributed by atoms with van der Waals surface area (Å²) < 4.78 is 55.2. The Kier molecular flexibility index (Phi) is 7.53. The van der Waals surface area contributed by atoms with Crippen molar-refractivity contribution in [3.8, 4) is 11.8 Å². The van der Waals surface area contributed by atoms with Gasteiger partial charge in [0.05, 0.1) is 22.2 Å². The summed E-state index contributed by atoms with van der Waals surface area (Å²) in [7, 11) is 1.97. The number of thiazole rings is 1. The smallest absolute Gasteiger partial charge is 0.384 e. The van der Waals surface area contributed by atoms with Crippen LogP contribution in [-0.2, 0) is 12.7 Å². The highest BCUT2D eigenvalue weighted by molar-refractivity contribution is 7.16. The van der Waals surface area contributed by atoms with E-state index in [0.717, 1.165) is 36.6 Å². The zero-order chi connectivity index (χ0) is 25.9. The van der Waals surface area contributed by atoms with Gasteiger partial charge >= 0.3 is 6.18 Å². The van der Waals surface area contributed by atoms with Gasteiger partial charge in [-0.15, -0.1) is 0 Å². The fourth-order valence-electron chi connectivity index (χ4n) is 3.59. The lowest BCUT2D eigenvalue weighted by Crippen LogP contribution is -2.44. The Morgan fingerprint density at radius 1 is 1.14 bits per heavy atom. The average Bonchev–Trinajstić information content (AvgIpc) is 3.26. The highest BCUT2D eigenvalue weighted by Gasteiger charge is 2.34. The zero-order valence-electron chi connectivity index (χ0n) is 19.2. The summed E-state index contributed by atoms with van der Waals surface area (Å²) >= 11 is 1.00. The molecule has 1 saturated heterocycles. The van der Waals surface area contributed by atoms with Gasteiger partial charge in [0.1, 0.15) is 11.6 Å². The van der Waals surface area contributed by atoms with E-state index in [1.807, 2.05) is 11.9 Å². The van der Waals surface area contributed by atoms with Crippen LogP contribution < -0.4 is 11.1 Å². The summed E-state index contributed by atoms with van der Waals surface area (Å²) in [4.78, 5) is 25.0. The number of anilines is 2. The molecule has 0 saturated carbocycles. The Morgan fingerprint density at radius 3 is 2.58 bits per heavy atom. The van der Waals surface area contributed by atoms with Gasteiger partial charge in [-0.3, -0.25) is 15.0 Å². The van der Waals surface area contributed by atoms with E-state index in [9.17, 15) is 22.4 Å². The second kappa shape index (κ2) is 10.6. The Balaban J connectivity index is 1.47. The molecule has 3 N–H and O–H groups in total. The number of carbonyl (C=O) groups excluding carboxylic acids is 1. The van der Waals surface area contributed by atoms with Gasteiger partial charge in [-0.2, -0.15) is 13.2 Å². The predicted octanol–water partition coefficient (Wildman–Crippen LogP) is 3.68. The minimum absolute atomic E-state index is 0.0295. The van der Waals surface area contributed by atoms with Crippen molar-refractivity contribution in [2.75, 3.05) is 44.3 Å². The number of nitrogens with zero attached hydrogens (tertiary/aromatic N) is 4. The fraction of sp³-hybridized carbons (Fsp3) is 0.292. The molecular formula is C24H22F4N6OS. The maximum atomic E-state index is 13.8. The van der Waals surface area contributed by atoms with Crippen molar-refractivity contribution in [1.82, 2.24) is 19.8 Å². The van der Waals surface area contributed by atoms with E-state index in [0.29, 0.717) is 18.0 Å². The molecule has 1 aliphatic rings. The third-order valence-electron chi connectivity index (χ3n) is 5.59. The minimum atomic E-state index is -4.60. The number of alkyl halides is 3. The third-order valence-corrected chi connectivity index (χ3v) is 6.42. The molecule has 2 aromatic heterocycles. The van der Waals surface area contributed by atoms with Gasteiger partial charge in [-0.25, -0.2) is 14.4 Å². The fourth-order valence-corrected chi connectivity index (χ4v) is 4.26. The normalized spacial score (nSPS) is 14.8. The molecule has 7 nitrogen and oxygen atoms in total. The number of piperazine rings is 1. The molecule has 1 fully saturated rings. The number of amides is 1. The lowest BCUT2D eigenvalue weighted by atomic mass is 10.0. The molecule has 1 amide bonds. The first-order chi connectivity index (χ1) is 17.1. The number of nitrogen functional groups attached to an aromatic ring is 1. The number of likely N-dealkylation sites (N-methyl/N-ethyl adjacent to an activating group) is 1. The van der Waals surface area contributed by atoms with Gasteiger partial charge in [-0.05, 0) is 30.7 Å². The first-order valence-electron chi connectivity index (χ1n) is 10.9. The van der Waals surface area contributed by atoms with Crippen LogP contribution in [0, 0.1) is 17.7 Å². The quantitative estimate of drug-likeness (QED) is 0.405. The summed E-state index contributed by atoms with van der Waals surface area (Å²) in [6.07, 6.45) is -2.03. The van der Waals surface area contributed by atoms with E-state index in [1.54, 1.807) is 0 Å². The van der Waals surface area contributed by atoms with Crippen LogP contribution in [-0.4, -0.2) is 58.9 Å². The van der Waals surface area contributed by atoms with Crippen LogP contribution in [0.2, 0.25) is 0 Å². The van der Waals surface area contributed by atoms with Crippen LogP contribution in [0.3, 0.4) is 0 Å². The molecule has 0 aliphatic carbocycles. The number of benzene rings is 1. The number of pyridine rings is 1. The number of hydrogen-bond donors (Lipinski definition) is 2. The molecule has 3 aromatic rings.